The highest BCUT2D eigenvalue weighted by molar-refractivity contribution is 7.98. The first-order valence-corrected chi connectivity index (χ1v) is 12.0. The molecule has 0 N–H and O–H groups in total. The Morgan fingerprint density at radius 3 is 2.47 bits per heavy atom. The highest BCUT2D eigenvalue weighted by Gasteiger charge is 2.20. The van der Waals surface area contributed by atoms with Crippen molar-refractivity contribution in [2.75, 3.05) is 71.5 Å². The van der Waals surface area contributed by atoms with Crippen LogP contribution in [0.3, 0.4) is 0 Å². The number of likely N-dealkylation sites (N-methyl/N-ethyl adjacent to an activating group) is 1. The first-order valence-electron chi connectivity index (χ1n) is 11.0. The van der Waals surface area contributed by atoms with Crippen LogP contribution in [0.2, 0.25) is 0 Å². The number of hydrogen-bond donors (Lipinski definition) is 0. The van der Waals surface area contributed by atoms with Gasteiger partial charge in [-0.1, -0.05) is 23.9 Å². The zero-order valence-corrected chi connectivity index (χ0v) is 19.6. The van der Waals surface area contributed by atoms with Gasteiger partial charge in [-0.3, -0.25) is 4.79 Å². The van der Waals surface area contributed by atoms with E-state index in [-0.39, 0.29) is 5.91 Å². The van der Waals surface area contributed by atoms with Gasteiger partial charge in [0.15, 0.2) is 5.16 Å². The molecule has 0 bridgehead atoms. The van der Waals surface area contributed by atoms with Gasteiger partial charge >= 0.3 is 0 Å². The van der Waals surface area contributed by atoms with Crippen LogP contribution in [-0.2, 0) is 21.8 Å². The molecule has 2 aliphatic heterocycles. The van der Waals surface area contributed by atoms with E-state index in [1.807, 2.05) is 35.2 Å². The Bertz CT molecular complexity index is 897. The Morgan fingerprint density at radius 1 is 1.06 bits per heavy atom. The normalized spacial score (nSPS) is 17.6. The summed E-state index contributed by atoms with van der Waals surface area (Å²) in [5, 5.41) is 0.735. The van der Waals surface area contributed by atoms with Gasteiger partial charge in [-0.2, -0.15) is 0 Å². The molecule has 172 valence electrons. The number of nitrogens with zero attached hydrogens (tertiary/aromatic N) is 5. The molecule has 3 heterocycles. The highest BCUT2D eigenvalue weighted by Crippen LogP contribution is 2.24. The van der Waals surface area contributed by atoms with Crippen molar-refractivity contribution in [1.29, 1.82) is 0 Å². The number of carbonyl (C=O) groups excluding carboxylic acids is 1. The molecule has 1 aromatic heterocycles. The summed E-state index contributed by atoms with van der Waals surface area (Å²) < 4.78 is 10.8. The molecule has 0 radical (unpaired) electrons. The van der Waals surface area contributed by atoms with E-state index in [1.54, 1.807) is 18.9 Å². The quantitative estimate of drug-likeness (QED) is 0.463. The van der Waals surface area contributed by atoms with E-state index in [0.29, 0.717) is 19.8 Å². The molecule has 2 aliphatic rings. The van der Waals surface area contributed by atoms with E-state index in [4.69, 9.17) is 14.5 Å². The molecule has 1 amide bonds. The third-order valence-electron chi connectivity index (χ3n) is 5.73. The van der Waals surface area contributed by atoms with Gasteiger partial charge in [-0.05, 0) is 24.7 Å². The summed E-state index contributed by atoms with van der Waals surface area (Å²) in [6.45, 7) is 6.96. The minimum absolute atomic E-state index is 0.114. The molecule has 0 atom stereocenters. The number of amides is 1. The van der Waals surface area contributed by atoms with Gasteiger partial charge in [0.2, 0.25) is 0 Å². The summed E-state index contributed by atoms with van der Waals surface area (Å²) >= 11 is 1.60. The largest absolute Gasteiger partial charge is 0.378 e. The average molecular weight is 458 g/mol. The number of benzene rings is 1. The maximum atomic E-state index is 12.7. The van der Waals surface area contributed by atoms with Gasteiger partial charge in [0.1, 0.15) is 5.82 Å². The lowest BCUT2D eigenvalue weighted by molar-refractivity contribution is 0.0664. The lowest BCUT2D eigenvalue weighted by Gasteiger charge is -2.32. The number of methoxy groups -OCH3 is 1. The van der Waals surface area contributed by atoms with Crippen LogP contribution in [-0.4, -0.2) is 92.3 Å². The minimum atomic E-state index is 0.114. The number of anilines is 1. The Morgan fingerprint density at radius 2 is 1.78 bits per heavy atom. The fraction of sp³-hybridized carbons (Fsp3) is 0.522. The topological polar surface area (TPSA) is 71.0 Å². The van der Waals surface area contributed by atoms with Crippen LogP contribution >= 0.6 is 11.8 Å². The Kier molecular flexibility index (Phi) is 7.96. The molecule has 4 rings (SSSR count). The molecule has 8 nitrogen and oxygen atoms in total. The minimum Gasteiger partial charge on any atom is -0.378 e. The summed E-state index contributed by atoms with van der Waals surface area (Å²) in [5.74, 6) is 1.77. The smallest absolute Gasteiger partial charge is 0.253 e. The number of ether oxygens (including phenoxy) is 2. The number of thioether (sulfide) groups is 1. The molecular weight excluding hydrogens is 426 g/mol. The van der Waals surface area contributed by atoms with Crippen molar-refractivity contribution in [3.63, 3.8) is 0 Å². The van der Waals surface area contributed by atoms with E-state index in [1.165, 1.54) is 0 Å². The third-order valence-corrected chi connectivity index (χ3v) is 6.65. The average Bonchev–Trinajstić information content (AvgIpc) is 2.84. The Labute approximate surface area is 193 Å². The Hall–Kier alpha value is -2.20. The molecule has 2 fully saturated rings. The van der Waals surface area contributed by atoms with Crippen molar-refractivity contribution in [2.45, 2.75) is 17.5 Å². The fourth-order valence-electron chi connectivity index (χ4n) is 3.78. The van der Waals surface area contributed by atoms with Crippen LogP contribution in [0.4, 0.5) is 5.82 Å². The number of hydrogen-bond acceptors (Lipinski definition) is 8. The molecule has 1 aromatic carbocycles. The van der Waals surface area contributed by atoms with Gasteiger partial charge in [0, 0.05) is 63.8 Å². The van der Waals surface area contributed by atoms with Crippen LogP contribution in [0.1, 0.15) is 21.6 Å². The third kappa shape index (κ3) is 5.98. The number of piperazine rings is 1. The summed E-state index contributed by atoms with van der Waals surface area (Å²) in [6.07, 6.45) is 0. The lowest BCUT2D eigenvalue weighted by atomic mass is 10.1. The zero-order chi connectivity index (χ0) is 22.3. The standard InChI is InChI=1S/C23H31N5O3S/c1-26-7-9-28(10-8-26)22(29)19-5-3-18(4-6-19)17-32-23-24-20(16-30-2)15-21(25-23)27-11-13-31-14-12-27/h3-6,15H,7-14,16-17H2,1-2H3. The van der Waals surface area contributed by atoms with Gasteiger partial charge in [-0.15, -0.1) is 0 Å². The second-order valence-electron chi connectivity index (χ2n) is 8.11. The Balaban J connectivity index is 1.39. The van der Waals surface area contributed by atoms with E-state index >= 15 is 0 Å². The van der Waals surface area contributed by atoms with Gasteiger partial charge in [0.05, 0.1) is 25.5 Å². The van der Waals surface area contributed by atoms with Crippen LogP contribution < -0.4 is 4.90 Å². The summed E-state index contributed by atoms with van der Waals surface area (Å²) in [7, 11) is 3.77. The van der Waals surface area contributed by atoms with Gasteiger partial charge in [0.25, 0.3) is 5.91 Å². The first kappa shape index (κ1) is 23.0. The molecule has 0 aliphatic carbocycles. The molecule has 9 heteroatoms. The van der Waals surface area contributed by atoms with Crippen LogP contribution in [0.5, 0.6) is 0 Å². The first-order chi connectivity index (χ1) is 15.6. The molecule has 32 heavy (non-hydrogen) atoms. The van der Waals surface area contributed by atoms with Crippen LogP contribution in [0.15, 0.2) is 35.5 Å². The van der Waals surface area contributed by atoms with E-state index in [2.05, 4.69) is 21.8 Å². The SMILES string of the molecule is COCc1cc(N2CCOCC2)nc(SCc2ccc(C(=O)N3CCN(C)CC3)cc2)n1. The molecule has 0 unspecified atom stereocenters. The van der Waals surface area contributed by atoms with Crippen molar-refractivity contribution in [3.05, 3.63) is 47.2 Å². The van der Waals surface area contributed by atoms with Crippen LogP contribution in [0, 0.1) is 0 Å². The van der Waals surface area contributed by atoms with Crippen molar-refractivity contribution >= 4 is 23.5 Å². The van der Waals surface area contributed by atoms with Gasteiger partial charge < -0.3 is 24.2 Å². The highest BCUT2D eigenvalue weighted by atomic mass is 32.2. The predicted molar refractivity (Wildman–Crippen MR) is 125 cm³/mol. The second kappa shape index (κ2) is 11.1. The molecule has 2 aromatic rings. The summed E-state index contributed by atoms with van der Waals surface area (Å²) in [6, 6.07) is 9.91. The number of rotatable bonds is 7. The molecule has 2 saturated heterocycles. The monoisotopic (exact) mass is 457 g/mol. The maximum Gasteiger partial charge on any atom is 0.253 e. The molecule has 0 spiro atoms. The van der Waals surface area contributed by atoms with E-state index in [9.17, 15) is 4.79 Å². The second-order valence-corrected chi connectivity index (χ2v) is 9.06. The summed E-state index contributed by atoms with van der Waals surface area (Å²) in [4.78, 5) is 28.6. The molecule has 0 saturated carbocycles. The van der Waals surface area contributed by atoms with Crippen molar-refractivity contribution in [1.82, 2.24) is 19.8 Å². The van der Waals surface area contributed by atoms with Crippen molar-refractivity contribution in [2.24, 2.45) is 0 Å². The number of morpholine rings is 1. The van der Waals surface area contributed by atoms with E-state index < -0.39 is 0 Å². The van der Waals surface area contributed by atoms with Gasteiger partial charge in [-0.25, -0.2) is 9.97 Å². The maximum absolute atomic E-state index is 12.7. The van der Waals surface area contributed by atoms with Crippen LogP contribution in [0.25, 0.3) is 0 Å². The molecular formula is C23H31N5O3S. The number of aromatic nitrogens is 2. The fourth-order valence-corrected chi connectivity index (χ4v) is 4.61. The van der Waals surface area contributed by atoms with Crippen molar-refractivity contribution in [3.8, 4) is 0 Å². The van der Waals surface area contributed by atoms with Crippen molar-refractivity contribution < 1.29 is 14.3 Å². The zero-order valence-electron chi connectivity index (χ0n) is 18.8. The summed E-state index contributed by atoms with van der Waals surface area (Å²) in [5.41, 5.74) is 2.76. The number of carbonyl (C=O) groups is 1. The lowest BCUT2D eigenvalue weighted by Crippen LogP contribution is -2.47. The van der Waals surface area contributed by atoms with E-state index in [0.717, 1.165) is 72.8 Å². The predicted octanol–water partition coefficient (Wildman–Crippen LogP) is 2.14.